The van der Waals surface area contributed by atoms with Gasteiger partial charge >= 0.3 is 0 Å². The van der Waals surface area contributed by atoms with Crippen molar-refractivity contribution in [1.29, 1.82) is 0 Å². The Kier molecular flexibility index (Phi) is 7.01. The van der Waals surface area contributed by atoms with Gasteiger partial charge in [0.25, 0.3) is 0 Å². The van der Waals surface area contributed by atoms with Crippen molar-refractivity contribution in [2.24, 2.45) is 5.92 Å². The van der Waals surface area contributed by atoms with Crippen LogP contribution in [0, 0.1) is 11.7 Å². The van der Waals surface area contributed by atoms with Crippen molar-refractivity contribution in [3.63, 3.8) is 0 Å². The third-order valence-electron chi connectivity index (χ3n) is 2.81. The summed E-state index contributed by atoms with van der Waals surface area (Å²) in [6.07, 6.45) is 2.07. The maximum absolute atomic E-state index is 13.0. The average molecular weight is 282 g/mol. The van der Waals surface area contributed by atoms with E-state index in [1.165, 1.54) is 18.2 Å². The average Bonchev–Trinajstić information content (AvgIpc) is 2.38. The highest BCUT2D eigenvalue weighted by molar-refractivity contribution is 5.91. The van der Waals surface area contributed by atoms with Gasteiger partial charge in [-0.1, -0.05) is 13.8 Å². The van der Waals surface area contributed by atoms with E-state index in [1.54, 1.807) is 0 Å². The number of hydrogen-bond acceptors (Lipinski definition) is 3. The summed E-state index contributed by atoms with van der Waals surface area (Å²) < 4.78 is 18.4. The van der Waals surface area contributed by atoms with Crippen LogP contribution < -0.4 is 11.1 Å². The van der Waals surface area contributed by atoms with Crippen LogP contribution in [0.2, 0.25) is 0 Å². The molecule has 0 unspecified atom stereocenters. The first-order chi connectivity index (χ1) is 9.49. The summed E-state index contributed by atoms with van der Waals surface area (Å²) >= 11 is 0. The highest BCUT2D eigenvalue weighted by Crippen LogP contribution is 2.16. The van der Waals surface area contributed by atoms with Crippen molar-refractivity contribution in [1.82, 2.24) is 0 Å². The van der Waals surface area contributed by atoms with Gasteiger partial charge in [-0.2, -0.15) is 0 Å². The van der Waals surface area contributed by atoms with Crippen LogP contribution in [0.15, 0.2) is 18.2 Å². The second-order valence-electron chi connectivity index (χ2n) is 5.18. The minimum atomic E-state index is -0.485. The van der Waals surface area contributed by atoms with E-state index in [2.05, 4.69) is 19.2 Å². The van der Waals surface area contributed by atoms with Gasteiger partial charge in [0.2, 0.25) is 5.91 Å². The first kappa shape index (κ1) is 16.4. The Morgan fingerprint density at radius 3 is 2.80 bits per heavy atom. The summed E-state index contributed by atoms with van der Waals surface area (Å²) in [6.45, 7) is 5.59. The molecule has 1 aromatic carbocycles. The van der Waals surface area contributed by atoms with Crippen LogP contribution in [-0.4, -0.2) is 19.1 Å². The molecule has 0 radical (unpaired) electrons. The standard InChI is InChI=1S/C15H23FN2O2/c1-11(2)7-9-20-8-3-4-15(19)18-12-5-6-13(16)14(17)10-12/h5-6,10-11H,3-4,7-9,17H2,1-2H3,(H,18,19). The van der Waals surface area contributed by atoms with Gasteiger partial charge < -0.3 is 15.8 Å². The Labute approximate surface area is 119 Å². The van der Waals surface area contributed by atoms with Crippen LogP contribution in [0.1, 0.15) is 33.1 Å². The zero-order valence-electron chi connectivity index (χ0n) is 12.1. The number of ether oxygens (including phenoxy) is 1. The van der Waals surface area contributed by atoms with E-state index in [-0.39, 0.29) is 11.6 Å². The summed E-state index contributed by atoms with van der Waals surface area (Å²) in [5, 5.41) is 2.68. The normalized spacial score (nSPS) is 10.8. The molecule has 0 aliphatic carbocycles. The van der Waals surface area contributed by atoms with Crippen LogP contribution in [0.25, 0.3) is 0 Å². The Balaban J connectivity index is 2.18. The number of carbonyl (C=O) groups is 1. The molecule has 0 aliphatic rings. The second-order valence-corrected chi connectivity index (χ2v) is 5.18. The number of benzene rings is 1. The zero-order chi connectivity index (χ0) is 15.0. The van der Waals surface area contributed by atoms with E-state index in [0.29, 0.717) is 31.1 Å². The number of nitrogens with two attached hydrogens (primary N) is 1. The van der Waals surface area contributed by atoms with Gasteiger partial charge in [-0.05, 0) is 37.0 Å². The first-order valence-corrected chi connectivity index (χ1v) is 6.91. The van der Waals surface area contributed by atoms with Crippen LogP contribution in [0.5, 0.6) is 0 Å². The van der Waals surface area contributed by atoms with Gasteiger partial charge in [0.05, 0.1) is 5.69 Å². The minimum Gasteiger partial charge on any atom is -0.396 e. The molecule has 0 aliphatic heterocycles. The van der Waals surface area contributed by atoms with E-state index in [1.807, 2.05) is 0 Å². The molecule has 0 spiro atoms. The number of rotatable bonds is 8. The van der Waals surface area contributed by atoms with Gasteiger partial charge in [0.15, 0.2) is 0 Å². The second kappa shape index (κ2) is 8.53. The molecule has 1 amide bonds. The van der Waals surface area contributed by atoms with Gasteiger partial charge in [-0.3, -0.25) is 4.79 Å². The van der Waals surface area contributed by atoms with Crippen LogP contribution in [-0.2, 0) is 9.53 Å². The lowest BCUT2D eigenvalue weighted by atomic mass is 10.1. The molecule has 0 fully saturated rings. The quantitative estimate of drug-likeness (QED) is 0.568. The molecule has 20 heavy (non-hydrogen) atoms. The largest absolute Gasteiger partial charge is 0.396 e. The summed E-state index contributed by atoms with van der Waals surface area (Å²) in [5.74, 6) is 0.0206. The Bertz CT molecular complexity index is 436. The molecule has 4 nitrogen and oxygen atoms in total. The van der Waals surface area contributed by atoms with Crippen LogP contribution in [0.4, 0.5) is 15.8 Å². The molecule has 112 valence electrons. The molecule has 0 atom stereocenters. The van der Waals surface area contributed by atoms with Gasteiger partial charge in [0.1, 0.15) is 5.82 Å². The predicted octanol–water partition coefficient (Wildman–Crippen LogP) is 3.19. The topological polar surface area (TPSA) is 64.3 Å². The van der Waals surface area contributed by atoms with E-state index in [0.717, 1.165) is 13.0 Å². The summed E-state index contributed by atoms with van der Waals surface area (Å²) in [7, 11) is 0. The smallest absolute Gasteiger partial charge is 0.224 e. The molecular weight excluding hydrogens is 259 g/mol. The highest BCUT2D eigenvalue weighted by atomic mass is 19.1. The van der Waals surface area contributed by atoms with Crippen molar-refractivity contribution in [2.75, 3.05) is 24.3 Å². The van der Waals surface area contributed by atoms with Crippen molar-refractivity contribution < 1.29 is 13.9 Å². The number of carbonyl (C=O) groups excluding carboxylic acids is 1. The van der Waals surface area contributed by atoms with Crippen molar-refractivity contribution in [3.8, 4) is 0 Å². The van der Waals surface area contributed by atoms with Crippen molar-refractivity contribution >= 4 is 17.3 Å². The predicted molar refractivity (Wildman–Crippen MR) is 79.0 cm³/mol. The van der Waals surface area contributed by atoms with Crippen molar-refractivity contribution in [3.05, 3.63) is 24.0 Å². The Morgan fingerprint density at radius 2 is 2.15 bits per heavy atom. The van der Waals surface area contributed by atoms with Gasteiger partial charge in [-0.15, -0.1) is 0 Å². The first-order valence-electron chi connectivity index (χ1n) is 6.91. The minimum absolute atomic E-state index is 0.0276. The molecule has 5 heteroatoms. The van der Waals surface area contributed by atoms with E-state index in [4.69, 9.17) is 10.5 Å². The third kappa shape index (κ3) is 6.52. The molecule has 0 heterocycles. The maximum atomic E-state index is 13.0. The Morgan fingerprint density at radius 1 is 1.40 bits per heavy atom. The van der Waals surface area contributed by atoms with E-state index >= 15 is 0 Å². The summed E-state index contributed by atoms with van der Waals surface area (Å²) in [5.41, 5.74) is 5.97. The summed E-state index contributed by atoms with van der Waals surface area (Å²) in [4.78, 5) is 11.6. The fourth-order valence-electron chi connectivity index (χ4n) is 1.60. The summed E-state index contributed by atoms with van der Waals surface area (Å²) in [6, 6.07) is 4.13. The molecule has 0 aromatic heterocycles. The number of anilines is 2. The third-order valence-corrected chi connectivity index (χ3v) is 2.81. The number of nitrogen functional groups attached to an aromatic ring is 1. The molecule has 3 N–H and O–H groups in total. The molecule has 0 saturated carbocycles. The van der Waals surface area contributed by atoms with Crippen molar-refractivity contribution in [2.45, 2.75) is 33.1 Å². The monoisotopic (exact) mass is 282 g/mol. The number of halogens is 1. The molecule has 0 bridgehead atoms. The number of nitrogens with one attached hydrogen (secondary N) is 1. The maximum Gasteiger partial charge on any atom is 0.224 e. The fraction of sp³-hybridized carbons (Fsp3) is 0.533. The SMILES string of the molecule is CC(C)CCOCCCC(=O)Nc1ccc(F)c(N)c1. The van der Waals surface area contributed by atoms with Crippen LogP contribution in [0.3, 0.4) is 0 Å². The number of amides is 1. The Hall–Kier alpha value is -1.62. The van der Waals surface area contributed by atoms with E-state index < -0.39 is 5.82 Å². The molecule has 0 saturated heterocycles. The zero-order valence-corrected chi connectivity index (χ0v) is 12.1. The van der Waals surface area contributed by atoms with Gasteiger partial charge in [0, 0.05) is 25.3 Å². The molecule has 1 aromatic rings. The van der Waals surface area contributed by atoms with Gasteiger partial charge in [-0.25, -0.2) is 4.39 Å². The van der Waals surface area contributed by atoms with E-state index in [9.17, 15) is 9.18 Å². The highest BCUT2D eigenvalue weighted by Gasteiger charge is 2.04. The lowest BCUT2D eigenvalue weighted by Crippen LogP contribution is -2.13. The molecular formula is C15H23FN2O2. The molecule has 1 rings (SSSR count). The lowest BCUT2D eigenvalue weighted by molar-refractivity contribution is -0.116. The fourth-order valence-corrected chi connectivity index (χ4v) is 1.60. The van der Waals surface area contributed by atoms with Crippen LogP contribution >= 0.6 is 0 Å². The lowest BCUT2D eigenvalue weighted by Gasteiger charge is -2.08. The number of hydrogen-bond donors (Lipinski definition) is 2.